The Hall–Kier alpha value is -2.69. The molecule has 1 saturated heterocycles. The summed E-state index contributed by atoms with van der Waals surface area (Å²) in [7, 11) is 0. The number of pyridine rings is 1. The van der Waals surface area contributed by atoms with Gasteiger partial charge < -0.3 is 10.2 Å². The fourth-order valence-corrected chi connectivity index (χ4v) is 2.79. The predicted molar refractivity (Wildman–Crippen MR) is 88.1 cm³/mol. The molecule has 1 aromatic heterocycles. The topological polar surface area (TPSA) is 62.3 Å². The smallest absolute Gasteiger partial charge is 0.256 e. The maximum absolute atomic E-state index is 12.6. The average Bonchev–Trinajstić information content (AvgIpc) is 3.05. The molecule has 0 spiro atoms. The van der Waals surface area contributed by atoms with Gasteiger partial charge in [-0.2, -0.15) is 0 Å². The average molecular weight is 309 g/mol. The molecular weight excluding hydrogens is 290 g/mol. The van der Waals surface area contributed by atoms with Gasteiger partial charge in [-0.25, -0.2) is 0 Å². The Morgan fingerprint density at radius 3 is 2.65 bits per heavy atom. The zero-order valence-electron chi connectivity index (χ0n) is 13.0. The van der Waals surface area contributed by atoms with E-state index in [1.54, 1.807) is 17.2 Å². The van der Waals surface area contributed by atoms with E-state index in [2.05, 4.69) is 10.3 Å². The number of hydrogen-bond donors (Lipinski definition) is 1. The molecule has 0 saturated carbocycles. The number of aryl methyl sites for hydroxylation is 1. The Morgan fingerprint density at radius 1 is 1.17 bits per heavy atom. The van der Waals surface area contributed by atoms with Crippen LogP contribution < -0.4 is 5.32 Å². The molecule has 118 valence electrons. The second-order valence-electron chi connectivity index (χ2n) is 5.70. The van der Waals surface area contributed by atoms with Crippen molar-refractivity contribution in [1.82, 2.24) is 9.88 Å². The molecule has 0 bridgehead atoms. The first kappa shape index (κ1) is 15.2. The Bertz CT molecular complexity index is 698. The van der Waals surface area contributed by atoms with Gasteiger partial charge in [0.15, 0.2) is 0 Å². The van der Waals surface area contributed by atoms with Crippen molar-refractivity contribution in [3.63, 3.8) is 0 Å². The molecule has 5 nitrogen and oxygen atoms in total. The van der Waals surface area contributed by atoms with E-state index in [0.29, 0.717) is 18.5 Å². The van der Waals surface area contributed by atoms with Gasteiger partial charge in [-0.1, -0.05) is 18.2 Å². The van der Waals surface area contributed by atoms with E-state index in [0.717, 1.165) is 17.8 Å². The van der Waals surface area contributed by atoms with E-state index in [-0.39, 0.29) is 11.8 Å². The van der Waals surface area contributed by atoms with Crippen LogP contribution in [0, 0.1) is 6.92 Å². The number of rotatable bonds is 3. The number of nitrogens with zero attached hydrogens (tertiary/aromatic N) is 2. The van der Waals surface area contributed by atoms with Crippen molar-refractivity contribution in [2.45, 2.75) is 25.8 Å². The second kappa shape index (κ2) is 6.60. The minimum atomic E-state index is -0.427. The van der Waals surface area contributed by atoms with E-state index >= 15 is 0 Å². The lowest BCUT2D eigenvalue weighted by Crippen LogP contribution is -2.43. The van der Waals surface area contributed by atoms with Gasteiger partial charge in [0.05, 0.1) is 5.56 Å². The van der Waals surface area contributed by atoms with Crippen LogP contribution in [0.25, 0.3) is 0 Å². The summed E-state index contributed by atoms with van der Waals surface area (Å²) in [6.45, 7) is 2.47. The maximum Gasteiger partial charge on any atom is 0.256 e. The number of nitrogens with one attached hydrogen (secondary N) is 1. The SMILES string of the molecule is Cc1ccc(C(=O)N2CCC[C@@H]2C(=O)Nc2ccccc2)cn1. The summed E-state index contributed by atoms with van der Waals surface area (Å²) < 4.78 is 0. The summed E-state index contributed by atoms with van der Waals surface area (Å²) >= 11 is 0. The molecule has 1 aliphatic heterocycles. The molecule has 2 amide bonds. The summed E-state index contributed by atoms with van der Waals surface area (Å²) in [6, 6.07) is 12.4. The molecule has 1 aliphatic rings. The van der Waals surface area contributed by atoms with Gasteiger partial charge in [0.2, 0.25) is 5.91 Å². The number of hydrogen-bond acceptors (Lipinski definition) is 3. The Kier molecular flexibility index (Phi) is 4.37. The predicted octanol–water partition coefficient (Wildman–Crippen LogP) is 2.63. The normalized spacial score (nSPS) is 17.1. The Labute approximate surface area is 135 Å². The number of carbonyl (C=O) groups is 2. The van der Waals surface area contributed by atoms with Crippen LogP contribution in [-0.4, -0.2) is 34.3 Å². The number of aromatic nitrogens is 1. The monoisotopic (exact) mass is 309 g/mol. The van der Waals surface area contributed by atoms with Crippen molar-refractivity contribution in [1.29, 1.82) is 0 Å². The fourth-order valence-electron chi connectivity index (χ4n) is 2.79. The molecule has 23 heavy (non-hydrogen) atoms. The fraction of sp³-hybridized carbons (Fsp3) is 0.278. The Morgan fingerprint density at radius 2 is 1.96 bits per heavy atom. The highest BCUT2D eigenvalue weighted by molar-refractivity contribution is 6.01. The first-order chi connectivity index (χ1) is 11.1. The lowest BCUT2D eigenvalue weighted by atomic mass is 10.1. The van der Waals surface area contributed by atoms with Gasteiger partial charge in [-0.3, -0.25) is 14.6 Å². The highest BCUT2D eigenvalue weighted by Crippen LogP contribution is 2.21. The standard InChI is InChI=1S/C18H19N3O2/c1-13-9-10-14(12-19-13)18(23)21-11-5-8-16(21)17(22)20-15-6-3-2-4-7-15/h2-4,6-7,9-10,12,16H,5,8,11H2,1H3,(H,20,22)/t16-/m1/s1. The van der Waals surface area contributed by atoms with Gasteiger partial charge in [-0.05, 0) is 44.0 Å². The number of anilines is 1. The molecule has 0 radical (unpaired) electrons. The second-order valence-corrected chi connectivity index (χ2v) is 5.70. The number of para-hydroxylation sites is 1. The molecule has 2 aromatic rings. The summed E-state index contributed by atoms with van der Waals surface area (Å²) in [4.78, 5) is 30.9. The minimum Gasteiger partial charge on any atom is -0.327 e. The van der Waals surface area contributed by atoms with E-state index in [9.17, 15) is 9.59 Å². The highest BCUT2D eigenvalue weighted by atomic mass is 16.2. The van der Waals surface area contributed by atoms with E-state index < -0.39 is 6.04 Å². The van der Waals surface area contributed by atoms with E-state index in [4.69, 9.17) is 0 Å². The van der Waals surface area contributed by atoms with Gasteiger partial charge in [0.25, 0.3) is 5.91 Å². The molecule has 3 rings (SSSR count). The van der Waals surface area contributed by atoms with Crippen molar-refractivity contribution in [3.8, 4) is 0 Å². The van der Waals surface area contributed by atoms with Crippen LogP contribution in [0.5, 0.6) is 0 Å². The number of likely N-dealkylation sites (tertiary alicyclic amines) is 1. The van der Waals surface area contributed by atoms with Crippen molar-refractivity contribution < 1.29 is 9.59 Å². The molecule has 1 aromatic carbocycles. The minimum absolute atomic E-state index is 0.136. The third-order valence-electron chi connectivity index (χ3n) is 4.02. The number of carbonyl (C=O) groups excluding carboxylic acids is 2. The van der Waals surface area contributed by atoms with E-state index in [1.807, 2.05) is 43.3 Å². The molecule has 5 heteroatoms. The molecule has 1 N–H and O–H groups in total. The quantitative estimate of drug-likeness (QED) is 0.948. The molecule has 1 fully saturated rings. The van der Waals surface area contributed by atoms with Crippen molar-refractivity contribution in [3.05, 3.63) is 59.9 Å². The van der Waals surface area contributed by atoms with Gasteiger partial charge in [0.1, 0.15) is 6.04 Å². The van der Waals surface area contributed by atoms with Crippen LogP contribution in [0.3, 0.4) is 0 Å². The highest BCUT2D eigenvalue weighted by Gasteiger charge is 2.34. The number of amides is 2. The van der Waals surface area contributed by atoms with Crippen molar-refractivity contribution in [2.75, 3.05) is 11.9 Å². The van der Waals surface area contributed by atoms with Crippen molar-refractivity contribution >= 4 is 17.5 Å². The van der Waals surface area contributed by atoms with Gasteiger partial charge in [0, 0.05) is 24.1 Å². The maximum atomic E-state index is 12.6. The largest absolute Gasteiger partial charge is 0.327 e. The summed E-state index contributed by atoms with van der Waals surface area (Å²) in [5.74, 6) is -0.273. The summed E-state index contributed by atoms with van der Waals surface area (Å²) in [6.07, 6.45) is 3.09. The third-order valence-corrected chi connectivity index (χ3v) is 4.02. The molecule has 0 aliphatic carbocycles. The lowest BCUT2D eigenvalue weighted by molar-refractivity contribution is -0.119. The van der Waals surface area contributed by atoms with Crippen LogP contribution >= 0.6 is 0 Å². The molecule has 0 unspecified atom stereocenters. The van der Waals surface area contributed by atoms with Gasteiger partial charge in [-0.15, -0.1) is 0 Å². The molecule has 2 heterocycles. The summed E-state index contributed by atoms with van der Waals surface area (Å²) in [5, 5.41) is 2.88. The van der Waals surface area contributed by atoms with E-state index in [1.165, 1.54) is 0 Å². The van der Waals surface area contributed by atoms with Crippen LogP contribution in [0.4, 0.5) is 5.69 Å². The van der Waals surface area contributed by atoms with Crippen LogP contribution in [-0.2, 0) is 4.79 Å². The first-order valence-electron chi connectivity index (χ1n) is 7.75. The molecular formula is C18H19N3O2. The lowest BCUT2D eigenvalue weighted by Gasteiger charge is -2.24. The Balaban J connectivity index is 1.73. The van der Waals surface area contributed by atoms with Gasteiger partial charge >= 0.3 is 0 Å². The first-order valence-corrected chi connectivity index (χ1v) is 7.75. The summed E-state index contributed by atoms with van der Waals surface area (Å²) in [5.41, 5.74) is 2.13. The van der Waals surface area contributed by atoms with Crippen LogP contribution in [0.1, 0.15) is 28.9 Å². The zero-order valence-corrected chi connectivity index (χ0v) is 13.0. The third kappa shape index (κ3) is 3.39. The zero-order chi connectivity index (χ0) is 16.2. The number of benzene rings is 1. The van der Waals surface area contributed by atoms with Crippen LogP contribution in [0.15, 0.2) is 48.7 Å². The van der Waals surface area contributed by atoms with Crippen LogP contribution in [0.2, 0.25) is 0 Å². The van der Waals surface area contributed by atoms with Crippen molar-refractivity contribution in [2.24, 2.45) is 0 Å². The molecule has 1 atom stereocenters.